The fourth-order valence-corrected chi connectivity index (χ4v) is 4.63. The summed E-state index contributed by atoms with van der Waals surface area (Å²) in [5.41, 5.74) is 10.3. The number of nitrogens with one attached hydrogen (secondary N) is 1. The zero-order valence-corrected chi connectivity index (χ0v) is 23.3. The fraction of sp³-hybridized carbons (Fsp3) is 0.429. The zero-order valence-electron chi connectivity index (χ0n) is 22.6. The lowest BCUT2D eigenvalue weighted by atomic mass is 9.91. The lowest BCUT2D eigenvalue weighted by Gasteiger charge is -2.26. The highest BCUT2D eigenvalue weighted by Crippen LogP contribution is 2.30. The normalized spacial score (nSPS) is 16.5. The number of amidine groups is 1. The molecule has 0 fully saturated rings. The van der Waals surface area contributed by atoms with Gasteiger partial charge in [-0.25, -0.2) is 4.79 Å². The second-order valence-electron chi connectivity index (χ2n) is 9.69. The average Bonchev–Trinajstić information content (AvgIpc) is 3.04. The van der Waals surface area contributed by atoms with Crippen molar-refractivity contribution in [2.45, 2.75) is 52.1 Å². The van der Waals surface area contributed by atoms with E-state index in [0.717, 1.165) is 11.1 Å². The summed E-state index contributed by atoms with van der Waals surface area (Å²) in [6, 6.07) is 9.86. The summed E-state index contributed by atoms with van der Waals surface area (Å²) < 4.78 is 5.45. The molecule has 4 N–H and O–H groups in total. The van der Waals surface area contributed by atoms with E-state index in [1.165, 1.54) is 11.0 Å². The number of nitrogens with zero attached hydrogens (tertiary/aromatic N) is 2. The Morgan fingerprint density at radius 3 is 2.62 bits per heavy atom. The van der Waals surface area contributed by atoms with Crippen LogP contribution in [0.15, 0.2) is 41.4 Å². The van der Waals surface area contributed by atoms with Crippen LogP contribution in [0.1, 0.15) is 61.0 Å². The number of nitrogens with two attached hydrogens (primary N) is 1. The van der Waals surface area contributed by atoms with Gasteiger partial charge in [0.2, 0.25) is 11.8 Å². The molecule has 10 nitrogen and oxygen atoms in total. The van der Waals surface area contributed by atoms with Crippen molar-refractivity contribution in [1.82, 2.24) is 10.4 Å². The van der Waals surface area contributed by atoms with E-state index in [9.17, 15) is 19.5 Å². The molecule has 0 aromatic heterocycles. The number of methoxy groups -OCH3 is 1. The number of anilines is 1. The molecule has 1 heterocycles. The van der Waals surface area contributed by atoms with E-state index in [1.54, 1.807) is 37.4 Å². The first-order valence-electron chi connectivity index (χ1n) is 12.8. The van der Waals surface area contributed by atoms with E-state index in [2.05, 4.69) is 10.5 Å². The highest BCUT2D eigenvalue weighted by Gasteiger charge is 2.34. The predicted molar refractivity (Wildman–Crippen MR) is 149 cm³/mol. The maximum atomic E-state index is 13.7. The van der Waals surface area contributed by atoms with Crippen molar-refractivity contribution < 1.29 is 29.1 Å². The summed E-state index contributed by atoms with van der Waals surface area (Å²) in [6.45, 7) is 5.69. The first-order valence-corrected chi connectivity index (χ1v) is 13.2. The number of amides is 2. The number of hydrogen-bond donors (Lipinski definition) is 3. The lowest BCUT2D eigenvalue weighted by molar-refractivity contribution is -0.146. The number of ether oxygens (including phenoxy) is 1. The first kappa shape index (κ1) is 29.9. The number of imide groups is 1. The second-order valence-corrected chi connectivity index (χ2v) is 10.1. The SMILES string of the molecule is CC[C@@H](CC(=O)N1CC(NOC(C)C)=NCC(Cc2cc(Cl)ccc2OC)C1=O)c1ccc(C(=O)O)c(N)c1. The topological polar surface area (TPSA) is 144 Å². The molecule has 0 saturated heterocycles. The molecule has 3 rings (SSSR count). The maximum absolute atomic E-state index is 13.7. The molecular weight excluding hydrogens is 524 g/mol. The number of carbonyl (C=O) groups excluding carboxylic acids is 2. The minimum atomic E-state index is -1.12. The number of carbonyl (C=O) groups is 3. The third-order valence-electron chi connectivity index (χ3n) is 6.54. The van der Waals surface area contributed by atoms with Gasteiger partial charge in [-0.3, -0.25) is 29.8 Å². The van der Waals surface area contributed by atoms with Gasteiger partial charge in [0.05, 0.1) is 37.8 Å². The minimum Gasteiger partial charge on any atom is -0.496 e. The van der Waals surface area contributed by atoms with Gasteiger partial charge in [-0.15, -0.1) is 0 Å². The van der Waals surface area contributed by atoms with Crippen molar-refractivity contribution >= 4 is 40.9 Å². The van der Waals surface area contributed by atoms with Crippen molar-refractivity contribution in [1.29, 1.82) is 0 Å². The van der Waals surface area contributed by atoms with Crippen LogP contribution in [0.5, 0.6) is 5.75 Å². The number of carboxylic acids is 1. The summed E-state index contributed by atoms with van der Waals surface area (Å²) >= 11 is 6.20. The molecule has 0 aliphatic carbocycles. The van der Waals surface area contributed by atoms with Gasteiger partial charge in [0.25, 0.3) is 0 Å². The third-order valence-corrected chi connectivity index (χ3v) is 6.77. The lowest BCUT2D eigenvalue weighted by Crippen LogP contribution is -2.46. The van der Waals surface area contributed by atoms with Gasteiger partial charge < -0.3 is 15.6 Å². The number of aromatic carboxylic acids is 1. The first-order chi connectivity index (χ1) is 18.5. The van der Waals surface area contributed by atoms with Crippen molar-refractivity contribution in [3.63, 3.8) is 0 Å². The van der Waals surface area contributed by atoms with Crippen LogP contribution in [-0.2, 0) is 20.8 Å². The molecule has 210 valence electrons. The number of hydrogen-bond acceptors (Lipinski definition) is 8. The van der Waals surface area contributed by atoms with Gasteiger partial charge in [-0.2, -0.15) is 0 Å². The largest absolute Gasteiger partial charge is 0.496 e. The monoisotopic (exact) mass is 558 g/mol. The Balaban J connectivity index is 1.88. The van der Waals surface area contributed by atoms with Crippen LogP contribution in [0, 0.1) is 5.92 Å². The Hall–Kier alpha value is -3.63. The Morgan fingerprint density at radius 2 is 2.00 bits per heavy atom. The van der Waals surface area contributed by atoms with Crippen LogP contribution in [-0.4, -0.2) is 59.9 Å². The molecule has 0 radical (unpaired) electrons. The van der Waals surface area contributed by atoms with Crippen molar-refractivity contribution in [2.75, 3.05) is 25.9 Å². The summed E-state index contributed by atoms with van der Waals surface area (Å²) in [5, 5.41) is 9.79. The smallest absolute Gasteiger partial charge is 0.337 e. The molecule has 39 heavy (non-hydrogen) atoms. The molecule has 0 saturated carbocycles. The van der Waals surface area contributed by atoms with Crippen molar-refractivity contribution in [3.8, 4) is 5.75 Å². The van der Waals surface area contributed by atoms with Crippen molar-refractivity contribution in [3.05, 3.63) is 58.1 Å². The third kappa shape index (κ3) is 7.70. The molecule has 2 atom stereocenters. The van der Waals surface area contributed by atoms with Crippen LogP contribution in [0.4, 0.5) is 5.69 Å². The molecule has 0 bridgehead atoms. The Morgan fingerprint density at radius 1 is 1.26 bits per heavy atom. The van der Waals surface area contributed by atoms with E-state index < -0.39 is 11.9 Å². The number of hydroxylamine groups is 1. The summed E-state index contributed by atoms with van der Waals surface area (Å²) in [4.78, 5) is 50.0. The molecule has 1 unspecified atom stereocenters. The number of benzene rings is 2. The van der Waals surface area contributed by atoms with Gasteiger partial charge >= 0.3 is 5.97 Å². The quantitative estimate of drug-likeness (QED) is 0.292. The molecule has 11 heteroatoms. The number of carboxylic acid groups (broad SMARTS) is 1. The fourth-order valence-electron chi connectivity index (χ4n) is 4.43. The van der Waals surface area contributed by atoms with Crippen LogP contribution in [0.2, 0.25) is 5.02 Å². The van der Waals surface area contributed by atoms with E-state index in [-0.39, 0.29) is 61.0 Å². The minimum absolute atomic E-state index is 0.000934. The second kappa shape index (κ2) is 13.4. The summed E-state index contributed by atoms with van der Waals surface area (Å²) in [5.74, 6) is -1.80. The highest BCUT2D eigenvalue weighted by molar-refractivity contribution is 6.30. The van der Waals surface area contributed by atoms with E-state index in [1.807, 2.05) is 20.8 Å². The Labute approximate surface area is 233 Å². The van der Waals surface area contributed by atoms with Gasteiger partial charge in [0.15, 0.2) is 0 Å². The number of aliphatic imine (C=N–C) groups is 1. The number of nitrogen functional groups attached to an aromatic ring is 1. The van der Waals surface area contributed by atoms with Gasteiger partial charge in [0.1, 0.15) is 11.6 Å². The van der Waals surface area contributed by atoms with Gasteiger partial charge in [-0.1, -0.05) is 24.6 Å². The molecule has 1 aliphatic heterocycles. The van der Waals surface area contributed by atoms with Gasteiger partial charge in [0, 0.05) is 17.1 Å². The van der Waals surface area contributed by atoms with Crippen LogP contribution < -0.4 is 16.0 Å². The summed E-state index contributed by atoms with van der Waals surface area (Å²) in [6.07, 6.45) is 0.738. The number of rotatable bonds is 10. The van der Waals surface area contributed by atoms with Crippen molar-refractivity contribution in [2.24, 2.45) is 10.9 Å². The Kier molecular flexibility index (Phi) is 10.3. The molecule has 1 aliphatic rings. The Bertz CT molecular complexity index is 1250. The molecular formula is C28H35ClN4O6. The molecule has 2 aromatic rings. The predicted octanol–water partition coefficient (Wildman–Crippen LogP) is 4.07. The van der Waals surface area contributed by atoms with E-state index in [4.69, 9.17) is 26.9 Å². The molecule has 2 aromatic carbocycles. The maximum Gasteiger partial charge on any atom is 0.337 e. The zero-order chi connectivity index (χ0) is 28.7. The van der Waals surface area contributed by atoms with Crippen LogP contribution in [0.25, 0.3) is 0 Å². The van der Waals surface area contributed by atoms with Crippen LogP contribution in [0.3, 0.4) is 0 Å². The standard InChI is InChI=1S/C28H35ClN4O6/c1-5-17(18-6-8-22(28(36)37)23(30)12-18)13-26(34)33-15-25(32-39-16(2)3)31-14-20(27(33)35)10-19-11-21(29)7-9-24(19)38-4/h6-9,11-12,16-17,20H,5,10,13-15,30H2,1-4H3,(H,31,32)(H,36,37)/t17-,20?/m0/s1. The average molecular weight is 559 g/mol. The number of halogens is 1. The van der Waals surface area contributed by atoms with Crippen LogP contribution >= 0.6 is 11.6 Å². The van der Waals surface area contributed by atoms with Gasteiger partial charge in [-0.05, 0) is 74.1 Å². The summed E-state index contributed by atoms with van der Waals surface area (Å²) in [7, 11) is 1.54. The molecule has 0 spiro atoms. The van der Waals surface area contributed by atoms with E-state index in [0.29, 0.717) is 23.0 Å². The van der Waals surface area contributed by atoms with E-state index >= 15 is 0 Å². The highest BCUT2D eigenvalue weighted by atomic mass is 35.5. The molecule has 2 amide bonds.